The molecule has 0 bridgehead atoms. The van der Waals surface area contributed by atoms with Crippen molar-refractivity contribution in [1.29, 1.82) is 0 Å². The maximum atomic E-state index is 11.6. The van der Waals surface area contributed by atoms with Gasteiger partial charge in [0.05, 0.1) is 5.92 Å². The van der Waals surface area contributed by atoms with E-state index in [2.05, 4.69) is 5.32 Å². The first-order chi connectivity index (χ1) is 7.54. The highest BCUT2D eigenvalue weighted by atomic mass is 16.4. The van der Waals surface area contributed by atoms with Gasteiger partial charge in [-0.2, -0.15) is 0 Å². The van der Waals surface area contributed by atoms with Crippen molar-refractivity contribution in [1.82, 2.24) is 10.2 Å². The van der Waals surface area contributed by atoms with Crippen molar-refractivity contribution >= 4 is 12.0 Å². The van der Waals surface area contributed by atoms with E-state index in [1.54, 1.807) is 11.9 Å². The van der Waals surface area contributed by atoms with Crippen LogP contribution in [-0.2, 0) is 4.79 Å². The van der Waals surface area contributed by atoms with Crippen LogP contribution in [0.2, 0.25) is 0 Å². The third-order valence-corrected chi connectivity index (χ3v) is 3.02. The molecule has 0 radical (unpaired) electrons. The maximum Gasteiger partial charge on any atom is 0.317 e. The van der Waals surface area contributed by atoms with Crippen LogP contribution in [0.4, 0.5) is 4.79 Å². The van der Waals surface area contributed by atoms with Crippen molar-refractivity contribution in [3.8, 4) is 0 Å². The summed E-state index contributed by atoms with van der Waals surface area (Å²) in [4.78, 5) is 24.0. The summed E-state index contributed by atoms with van der Waals surface area (Å²) in [5, 5.41) is 11.7. The highest BCUT2D eigenvalue weighted by molar-refractivity contribution is 5.75. The van der Waals surface area contributed by atoms with Crippen molar-refractivity contribution in [2.24, 2.45) is 5.92 Å². The van der Waals surface area contributed by atoms with Gasteiger partial charge >= 0.3 is 12.0 Å². The number of rotatable bonds is 4. The lowest BCUT2D eigenvalue weighted by Crippen LogP contribution is -2.42. The fraction of sp³-hybridized carbons (Fsp3) is 0.818. The lowest BCUT2D eigenvalue weighted by atomic mass is 10.1. The van der Waals surface area contributed by atoms with Gasteiger partial charge in [0.2, 0.25) is 0 Å². The normalized spacial score (nSPS) is 24.1. The molecule has 1 rings (SSSR count). The van der Waals surface area contributed by atoms with E-state index in [9.17, 15) is 9.59 Å². The van der Waals surface area contributed by atoms with Crippen LogP contribution in [0.5, 0.6) is 0 Å². The molecule has 2 amide bonds. The second kappa shape index (κ2) is 5.72. The van der Waals surface area contributed by atoms with Crippen LogP contribution in [-0.4, -0.2) is 41.6 Å². The van der Waals surface area contributed by atoms with Gasteiger partial charge in [-0.25, -0.2) is 4.79 Å². The highest BCUT2D eigenvalue weighted by Gasteiger charge is 2.30. The highest BCUT2D eigenvalue weighted by Crippen LogP contribution is 2.25. The minimum absolute atomic E-state index is 0.0212. The standard InChI is InChI=1S/C11H20N2O3/c1-3-6-13(2)11(16)12-9-5-4-8(7-9)10(14)15/h8-9H,3-7H2,1-2H3,(H,12,16)(H,14,15)/t8-,9+/m1/s1. The van der Waals surface area contributed by atoms with Crippen molar-refractivity contribution < 1.29 is 14.7 Å². The molecule has 5 heteroatoms. The first-order valence-electron chi connectivity index (χ1n) is 5.79. The SMILES string of the molecule is CCCN(C)C(=O)N[C@H]1CC[C@@H](C(=O)O)C1. The average Bonchev–Trinajstić information content (AvgIpc) is 2.66. The van der Waals surface area contributed by atoms with Gasteiger partial charge in [-0.05, 0) is 25.7 Å². The Labute approximate surface area is 95.8 Å². The Hall–Kier alpha value is -1.26. The van der Waals surface area contributed by atoms with Gasteiger partial charge in [-0.1, -0.05) is 6.92 Å². The third-order valence-electron chi connectivity index (χ3n) is 3.02. The van der Waals surface area contributed by atoms with Crippen molar-refractivity contribution in [3.05, 3.63) is 0 Å². The number of carboxylic acid groups (broad SMARTS) is 1. The Morgan fingerprint density at radius 1 is 1.44 bits per heavy atom. The Bertz CT molecular complexity index is 268. The number of carbonyl (C=O) groups excluding carboxylic acids is 1. The van der Waals surface area contributed by atoms with Gasteiger partial charge in [-0.3, -0.25) is 4.79 Å². The monoisotopic (exact) mass is 228 g/mol. The van der Waals surface area contributed by atoms with Crippen LogP contribution < -0.4 is 5.32 Å². The van der Waals surface area contributed by atoms with E-state index >= 15 is 0 Å². The quantitative estimate of drug-likeness (QED) is 0.761. The Balaban J connectivity index is 2.33. The number of nitrogens with zero attached hydrogens (tertiary/aromatic N) is 1. The smallest absolute Gasteiger partial charge is 0.317 e. The number of carbonyl (C=O) groups is 2. The molecule has 1 aliphatic carbocycles. The zero-order valence-electron chi connectivity index (χ0n) is 9.90. The lowest BCUT2D eigenvalue weighted by Gasteiger charge is -2.20. The molecule has 0 spiro atoms. The topological polar surface area (TPSA) is 69.6 Å². The molecule has 2 N–H and O–H groups in total. The van der Waals surface area contributed by atoms with Gasteiger partial charge in [0, 0.05) is 19.6 Å². The summed E-state index contributed by atoms with van der Waals surface area (Å²) in [6, 6.07) is -0.0780. The first kappa shape index (κ1) is 12.8. The number of amides is 2. The zero-order chi connectivity index (χ0) is 12.1. The van der Waals surface area contributed by atoms with Crippen LogP contribution in [0.25, 0.3) is 0 Å². The fourth-order valence-electron chi connectivity index (χ4n) is 2.06. The molecule has 0 aromatic carbocycles. The van der Waals surface area contributed by atoms with Crippen LogP contribution in [0.1, 0.15) is 32.6 Å². The summed E-state index contributed by atoms with van der Waals surface area (Å²) in [5.74, 6) is -1.04. The summed E-state index contributed by atoms with van der Waals surface area (Å²) in [5.41, 5.74) is 0. The third kappa shape index (κ3) is 3.40. The first-order valence-corrected chi connectivity index (χ1v) is 5.79. The largest absolute Gasteiger partial charge is 0.481 e. The molecule has 0 aromatic rings. The molecular weight excluding hydrogens is 208 g/mol. The van der Waals surface area contributed by atoms with Gasteiger partial charge in [0.15, 0.2) is 0 Å². The van der Waals surface area contributed by atoms with Crippen molar-refractivity contribution in [2.75, 3.05) is 13.6 Å². The summed E-state index contributed by atoms with van der Waals surface area (Å²) < 4.78 is 0. The number of hydrogen-bond donors (Lipinski definition) is 2. The van der Waals surface area contributed by atoms with Crippen molar-refractivity contribution in [3.63, 3.8) is 0 Å². The molecule has 0 aliphatic heterocycles. The summed E-state index contributed by atoms with van der Waals surface area (Å²) >= 11 is 0. The van der Waals surface area contributed by atoms with E-state index in [0.717, 1.165) is 19.4 Å². The minimum Gasteiger partial charge on any atom is -0.481 e. The predicted octanol–water partition coefficient (Wildman–Crippen LogP) is 1.29. The van der Waals surface area contributed by atoms with E-state index < -0.39 is 5.97 Å². The zero-order valence-corrected chi connectivity index (χ0v) is 9.90. The van der Waals surface area contributed by atoms with Gasteiger partial charge in [-0.15, -0.1) is 0 Å². The van der Waals surface area contributed by atoms with Crippen LogP contribution in [0, 0.1) is 5.92 Å². The van der Waals surface area contributed by atoms with E-state index in [1.165, 1.54) is 0 Å². The molecule has 92 valence electrons. The molecule has 0 aromatic heterocycles. The molecular formula is C11H20N2O3. The summed E-state index contributed by atoms with van der Waals surface area (Å²) in [7, 11) is 1.75. The van der Waals surface area contributed by atoms with Gasteiger partial charge in [0.1, 0.15) is 0 Å². The molecule has 16 heavy (non-hydrogen) atoms. The van der Waals surface area contributed by atoms with E-state index in [1.807, 2.05) is 6.92 Å². The van der Waals surface area contributed by atoms with E-state index in [4.69, 9.17) is 5.11 Å². The van der Waals surface area contributed by atoms with Gasteiger partial charge < -0.3 is 15.3 Å². The second-order valence-electron chi connectivity index (χ2n) is 4.42. The number of hydrogen-bond acceptors (Lipinski definition) is 2. The Morgan fingerprint density at radius 3 is 2.62 bits per heavy atom. The van der Waals surface area contributed by atoms with Crippen molar-refractivity contribution in [2.45, 2.75) is 38.6 Å². The molecule has 0 unspecified atom stereocenters. The Morgan fingerprint density at radius 2 is 2.12 bits per heavy atom. The van der Waals surface area contributed by atoms with E-state index in [-0.39, 0.29) is 18.0 Å². The molecule has 2 atom stereocenters. The second-order valence-corrected chi connectivity index (χ2v) is 4.42. The van der Waals surface area contributed by atoms with Crippen LogP contribution >= 0.6 is 0 Å². The molecule has 0 heterocycles. The van der Waals surface area contributed by atoms with Crippen LogP contribution in [0.3, 0.4) is 0 Å². The number of urea groups is 1. The van der Waals surface area contributed by atoms with Crippen LogP contribution in [0.15, 0.2) is 0 Å². The summed E-state index contributed by atoms with van der Waals surface area (Å²) in [6.45, 7) is 2.74. The predicted molar refractivity (Wildman–Crippen MR) is 60.2 cm³/mol. The molecule has 0 saturated heterocycles. The Kier molecular flexibility index (Phi) is 4.58. The average molecular weight is 228 g/mol. The maximum absolute atomic E-state index is 11.6. The molecule has 1 aliphatic rings. The number of aliphatic carboxylic acids is 1. The number of carboxylic acids is 1. The molecule has 1 fully saturated rings. The summed E-state index contributed by atoms with van der Waals surface area (Å²) in [6.07, 6.45) is 2.91. The number of nitrogens with one attached hydrogen (secondary N) is 1. The molecule has 5 nitrogen and oxygen atoms in total. The molecule has 1 saturated carbocycles. The van der Waals surface area contributed by atoms with Gasteiger partial charge in [0.25, 0.3) is 0 Å². The minimum atomic E-state index is -0.751. The van der Waals surface area contributed by atoms with E-state index in [0.29, 0.717) is 12.8 Å². The lowest BCUT2D eigenvalue weighted by molar-refractivity contribution is -0.141. The fourth-order valence-corrected chi connectivity index (χ4v) is 2.06.